The van der Waals surface area contributed by atoms with Gasteiger partial charge in [-0.3, -0.25) is 5.43 Å². The van der Waals surface area contributed by atoms with Crippen molar-refractivity contribution in [2.75, 3.05) is 7.05 Å². The van der Waals surface area contributed by atoms with E-state index in [1.807, 2.05) is 42.5 Å². The maximum absolute atomic E-state index is 6.12. The average Bonchev–Trinajstić information content (AvgIpc) is 2.59. The lowest BCUT2D eigenvalue weighted by Gasteiger charge is -2.27. The minimum Gasteiger partial charge on any atom is -0.485 e. The first-order valence-electron chi connectivity index (χ1n) is 7.13. The number of nitrogens with one attached hydrogen (secondary N) is 2. The fourth-order valence-corrected chi connectivity index (χ4v) is 2.47. The molecule has 0 saturated carbocycles. The summed E-state index contributed by atoms with van der Waals surface area (Å²) in [6, 6.07) is 18.1. The lowest BCUT2D eigenvalue weighted by molar-refractivity contribution is 0.206. The number of para-hydroxylation sites is 1. The van der Waals surface area contributed by atoms with Crippen LogP contribution in [0.4, 0.5) is 0 Å². The van der Waals surface area contributed by atoms with Gasteiger partial charge in [-0.25, -0.2) is 0 Å². The molecule has 2 aromatic rings. The molecule has 0 aromatic heterocycles. The summed E-state index contributed by atoms with van der Waals surface area (Å²) in [5.74, 6) is 0.846. The number of benzene rings is 2. The van der Waals surface area contributed by atoms with E-state index in [1.165, 1.54) is 0 Å². The van der Waals surface area contributed by atoms with Gasteiger partial charge in [0.15, 0.2) is 5.11 Å². The number of hydrazone groups is 1. The number of nitrogens with zero attached hydrogens (tertiary/aromatic N) is 1. The highest BCUT2D eigenvalue weighted by molar-refractivity contribution is 7.80. The Morgan fingerprint density at radius 1 is 1.14 bits per heavy atom. The molecule has 5 heteroatoms. The van der Waals surface area contributed by atoms with Crippen molar-refractivity contribution in [3.05, 3.63) is 65.7 Å². The molecule has 0 bridgehead atoms. The summed E-state index contributed by atoms with van der Waals surface area (Å²) in [6.07, 6.45) is 0.653. The maximum Gasteiger partial charge on any atom is 0.186 e. The van der Waals surface area contributed by atoms with E-state index in [0.29, 0.717) is 11.5 Å². The van der Waals surface area contributed by atoms with Crippen molar-refractivity contribution in [2.45, 2.75) is 12.5 Å². The van der Waals surface area contributed by atoms with Crippen molar-refractivity contribution in [2.24, 2.45) is 5.10 Å². The van der Waals surface area contributed by atoms with Gasteiger partial charge >= 0.3 is 0 Å². The van der Waals surface area contributed by atoms with E-state index in [9.17, 15) is 0 Å². The second-order valence-corrected chi connectivity index (χ2v) is 5.38. The van der Waals surface area contributed by atoms with Gasteiger partial charge in [-0.05, 0) is 29.9 Å². The lowest BCUT2D eigenvalue weighted by atomic mass is 9.96. The van der Waals surface area contributed by atoms with Crippen LogP contribution >= 0.6 is 12.2 Å². The van der Waals surface area contributed by atoms with Gasteiger partial charge in [0.2, 0.25) is 0 Å². The fourth-order valence-electron chi connectivity index (χ4n) is 2.42. The van der Waals surface area contributed by atoms with Crippen molar-refractivity contribution >= 4 is 23.0 Å². The molecule has 0 fully saturated rings. The first-order valence-corrected chi connectivity index (χ1v) is 7.54. The number of ether oxygens (including phenoxy) is 1. The van der Waals surface area contributed by atoms with Crippen LogP contribution in [0.1, 0.15) is 23.7 Å². The summed E-state index contributed by atoms with van der Waals surface area (Å²) >= 11 is 5.08. The first kappa shape index (κ1) is 14.5. The van der Waals surface area contributed by atoms with Crippen LogP contribution in [0.3, 0.4) is 0 Å². The van der Waals surface area contributed by atoms with Gasteiger partial charge in [-0.15, -0.1) is 0 Å². The highest BCUT2D eigenvalue weighted by atomic mass is 32.1. The van der Waals surface area contributed by atoms with Gasteiger partial charge in [-0.2, -0.15) is 5.10 Å². The number of fused-ring (bicyclic) bond motifs is 1. The van der Waals surface area contributed by atoms with Crippen LogP contribution in [0, 0.1) is 0 Å². The standard InChI is InChI=1S/C17H17N3OS/c1-18-17(22)20-19-14-11-16(12-7-3-2-4-8-12)21-15-10-6-5-9-13(14)15/h2-10,16H,11H2,1H3,(H2,18,20,22)/b19-14-. The molecule has 1 unspecified atom stereocenters. The van der Waals surface area contributed by atoms with Gasteiger partial charge < -0.3 is 10.1 Å². The van der Waals surface area contributed by atoms with Crippen LogP contribution in [0.5, 0.6) is 5.75 Å². The highest BCUT2D eigenvalue weighted by Crippen LogP contribution is 2.34. The van der Waals surface area contributed by atoms with E-state index >= 15 is 0 Å². The number of rotatable bonds is 2. The maximum atomic E-state index is 6.12. The molecule has 0 radical (unpaired) electrons. The fraction of sp³-hybridized carbons (Fsp3) is 0.176. The van der Waals surface area contributed by atoms with Crippen molar-refractivity contribution in [1.82, 2.24) is 10.7 Å². The quantitative estimate of drug-likeness (QED) is 0.661. The molecule has 0 amide bonds. The molecule has 112 valence electrons. The zero-order chi connectivity index (χ0) is 15.4. The zero-order valence-electron chi connectivity index (χ0n) is 12.2. The lowest BCUT2D eigenvalue weighted by Crippen LogP contribution is -2.31. The molecule has 2 N–H and O–H groups in total. The summed E-state index contributed by atoms with van der Waals surface area (Å²) in [5.41, 5.74) is 5.95. The minimum atomic E-state index is -0.0418. The van der Waals surface area contributed by atoms with Gasteiger partial charge in [0.05, 0.1) is 5.71 Å². The largest absolute Gasteiger partial charge is 0.485 e. The van der Waals surface area contributed by atoms with E-state index < -0.39 is 0 Å². The Bertz CT molecular complexity index is 700. The molecule has 0 aliphatic carbocycles. The number of hydrogen-bond acceptors (Lipinski definition) is 3. The van der Waals surface area contributed by atoms with Crippen molar-refractivity contribution in [3.63, 3.8) is 0 Å². The normalized spacial score (nSPS) is 18.2. The Labute approximate surface area is 135 Å². The summed E-state index contributed by atoms with van der Waals surface area (Å²) in [5, 5.41) is 7.80. The molecule has 1 heterocycles. The van der Waals surface area contributed by atoms with Crippen molar-refractivity contribution in [1.29, 1.82) is 0 Å². The smallest absolute Gasteiger partial charge is 0.186 e. The van der Waals surface area contributed by atoms with E-state index in [-0.39, 0.29) is 6.10 Å². The number of thiocarbonyl (C=S) groups is 1. The Balaban J connectivity index is 1.93. The molecular formula is C17H17N3OS. The average molecular weight is 311 g/mol. The van der Waals surface area contributed by atoms with Crippen LogP contribution < -0.4 is 15.5 Å². The molecular weight excluding hydrogens is 294 g/mol. The minimum absolute atomic E-state index is 0.0418. The molecule has 1 aliphatic heterocycles. The second kappa shape index (κ2) is 6.58. The molecule has 22 heavy (non-hydrogen) atoms. The predicted octanol–water partition coefficient (Wildman–Crippen LogP) is 3.01. The molecule has 4 nitrogen and oxygen atoms in total. The SMILES string of the molecule is CNC(=S)N/N=C1/CC(c2ccccc2)Oc2ccccc21. The van der Waals surface area contributed by atoms with Crippen LogP contribution in [0.15, 0.2) is 59.7 Å². The Morgan fingerprint density at radius 3 is 2.64 bits per heavy atom. The third-order valence-corrected chi connectivity index (χ3v) is 3.83. The summed E-state index contributed by atoms with van der Waals surface area (Å²) in [6.45, 7) is 0. The highest BCUT2D eigenvalue weighted by Gasteiger charge is 2.26. The third-order valence-electron chi connectivity index (χ3n) is 3.54. The molecule has 2 aromatic carbocycles. The predicted molar refractivity (Wildman–Crippen MR) is 92.2 cm³/mol. The molecule has 1 aliphatic rings. The van der Waals surface area contributed by atoms with E-state index in [0.717, 1.165) is 22.6 Å². The number of hydrogen-bond donors (Lipinski definition) is 2. The molecule has 3 rings (SSSR count). The summed E-state index contributed by atoms with van der Waals surface area (Å²) in [7, 11) is 1.76. The summed E-state index contributed by atoms with van der Waals surface area (Å²) in [4.78, 5) is 0. The Hall–Kier alpha value is -2.40. The Morgan fingerprint density at radius 2 is 1.86 bits per heavy atom. The van der Waals surface area contributed by atoms with E-state index in [1.54, 1.807) is 7.05 Å². The van der Waals surface area contributed by atoms with Crippen LogP contribution in [-0.4, -0.2) is 17.9 Å². The first-order chi connectivity index (χ1) is 10.8. The third kappa shape index (κ3) is 3.09. The van der Waals surface area contributed by atoms with Crippen molar-refractivity contribution in [3.8, 4) is 5.75 Å². The van der Waals surface area contributed by atoms with E-state index in [4.69, 9.17) is 17.0 Å². The van der Waals surface area contributed by atoms with Crippen LogP contribution in [0.2, 0.25) is 0 Å². The van der Waals surface area contributed by atoms with Crippen molar-refractivity contribution < 1.29 is 4.74 Å². The zero-order valence-corrected chi connectivity index (χ0v) is 13.1. The summed E-state index contributed by atoms with van der Waals surface area (Å²) < 4.78 is 6.12. The van der Waals surface area contributed by atoms with Gasteiger partial charge in [0, 0.05) is 19.0 Å². The molecule has 1 atom stereocenters. The van der Waals surface area contributed by atoms with Gasteiger partial charge in [-0.1, -0.05) is 42.5 Å². The van der Waals surface area contributed by atoms with Crippen LogP contribution in [0.25, 0.3) is 0 Å². The second-order valence-electron chi connectivity index (χ2n) is 4.97. The van der Waals surface area contributed by atoms with E-state index in [2.05, 4.69) is 28.0 Å². The molecule has 0 spiro atoms. The van der Waals surface area contributed by atoms with Crippen LogP contribution in [-0.2, 0) is 0 Å². The van der Waals surface area contributed by atoms with Gasteiger partial charge in [0.25, 0.3) is 0 Å². The van der Waals surface area contributed by atoms with Gasteiger partial charge in [0.1, 0.15) is 11.9 Å². The molecule has 0 saturated heterocycles. The topological polar surface area (TPSA) is 45.7 Å². The Kier molecular flexibility index (Phi) is 4.34. The monoisotopic (exact) mass is 311 g/mol.